The molecule has 0 amide bonds. The summed E-state index contributed by atoms with van der Waals surface area (Å²) in [6, 6.07) is 5.93. The third kappa shape index (κ3) is 4.25. The summed E-state index contributed by atoms with van der Waals surface area (Å²) < 4.78 is 1.17. The van der Waals surface area contributed by atoms with Crippen LogP contribution in [0.25, 0.3) is 0 Å². The monoisotopic (exact) mass is 319 g/mol. The molecule has 0 unspecified atom stereocenters. The predicted octanol–water partition coefficient (Wildman–Crippen LogP) is 2.24. The van der Waals surface area contributed by atoms with Gasteiger partial charge in [-0.25, -0.2) is 0 Å². The fraction of sp³-hybridized carbons (Fsp3) is 0.455. The fourth-order valence-electron chi connectivity index (χ4n) is 1.21. The molecule has 0 heterocycles. The number of nitrogen functional groups attached to an aromatic ring is 1. The number of nitrogens with two attached hydrogens (primary N) is 1. The second-order valence-electron chi connectivity index (χ2n) is 3.56. The van der Waals surface area contributed by atoms with Crippen LogP contribution in [0.15, 0.2) is 18.2 Å². The van der Waals surface area contributed by atoms with Gasteiger partial charge >= 0.3 is 0 Å². The van der Waals surface area contributed by atoms with E-state index in [0.29, 0.717) is 0 Å². The lowest BCUT2D eigenvalue weighted by molar-refractivity contribution is 0.367. The van der Waals surface area contributed by atoms with Crippen molar-refractivity contribution in [3.05, 3.63) is 21.8 Å². The van der Waals surface area contributed by atoms with E-state index in [-0.39, 0.29) is 0 Å². The van der Waals surface area contributed by atoms with E-state index in [1.807, 2.05) is 18.2 Å². The first-order valence-electron chi connectivity index (χ1n) is 5.11. The zero-order valence-electron chi connectivity index (χ0n) is 9.26. The van der Waals surface area contributed by atoms with Gasteiger partial charge in [-0.15, -0.1) is 0 Å². The van der Waals surface area contributed by atoms with Crippen molar-refractivity contribution in [3.63, 3.8) is 0 Å². The van der Waals surface area contributed by atoms with Crippen LogP contribution in [0.5, 0.6) is 0 Å². The summed E-state index contributed by atoms with van der Waals surface area (Å²) in [6.07, 6.45) is 0. The van der Waals surface area contributed by atoms with Crippen molar-refractivity contribution in [2.75, 3.05) is 37.7 Å². The SMILES string of the molecule is CCN(C)CCNc1ccc(N)cc1I. The van der Waals surface area contributed by atoms with Crippen LogP contribution in [0, 0.1) is 3.57 Å². The van der Waals surface area contributed by atoms with Crippen LogP contribution < -0.4 is 11.1 Å². The maximum absolute atomic E-state index is 5.69. The topological polar surface area (TPSA) is 41.3 Å². The van der Waals surface area contributed by atoms with E-state index in [1.54, 1.807) is 0 Å². The number of rotatable bonds is 5. The van der Waals surface area contributed by atoms with Crippen LogP contribution in [-0.4, -0.2) is 31.6 Å². The lowest BCUT2D eigenvalue weighted by atomic mass is 10.3. The second kappa shape index (κ2) is 6.17. The van der Waals surface area contributed by atoms with E-state index in [1.165, 1.54) is 3.57 Å². The Morgan fingerprint density at radius 3 is 2.80 bits per heavy atom. The van der Waals surface area contributed by atoms with Crippen LogP contribution in [0.2, 0.25) is 0 Å². The zero-order valence-corrected chi connectivity index (χ0v) is 11.4. The van der Waals surface area contributed by atoms with Crippen molar-refractivity contribution in [2.24, 2.45) is 0 Å². The fourth-order valence-corrected chi connectivity index (χ4v) is 1.94. The molecule has 0 saturated heterocycles. The molecule has 0 bridgehead atoms. The average molecular weight is 319 g/mol. The van der Waals surface area contributed by atoms with Gasteiger partial charge in [0.05, 0.1) is 0 Å². The number of likely N-dealkylation sites (N-methyl/N-ethyl adjacent to an activating group) is 1. The average Bonchev–Trinajstić information content (AvgIpc) is 2.21. The third-order valence-electron chi connectivity index (χ3n) is 2.34. The standard InChI is InChI=1S/C11H18IN3/c1-3-15(2)7-6-14-11-5-4-9(13)8-10(11)12/h4-5,8,14H,3,6-7,13H2,1-2H3. The molecular formula is C11H18IN3. The summed E-state index contributed by atoms with van der Waals surface area (Å²) in [4.78, 5) is 2.27. The summed E-state index contributed by atoms with van der Waals surface area (Å²) in [6.45, 7) is 5.26. The highest BCUT2D eigenvalue weighted by molar-refractivity contribution is 14.1. The molecule has 15 heavy (non-hydrogen) atoms. The smallest absolute Gasteiger partial charge is 0.0477 e. The minimum absolute atomic E-state index is 0.815. The van der Waals surface area contributed by atoms with Crippen LogP contribution in [0.1, 0.15) is 6.92 Å². The first-order chi connectivity index (χ1) is 7.13. The molecule has 1 aromatic carbocycles. The number of hydrogen-bond donors (Lipinski definition) is 2. The molecule has 3 N–H and O–H groups in total. The quantitative estimate of drug-likeness (QED) is 0.646. The van der Waals surface area contributed by atoms with E-state index in [0.717, 1.165) is 31.0 Å². The van der Waals surface area contributed by atoms with Gasteiger partial charge in [-0.1, -0.05) is 6.92 Å². The predicted molar refractivity (Wildman–Crippen MR) is 75.2 cm³/mol. The highest BCUT2D eigenvalue weighted by Crippen LogP contribution is 2.20. The molecule has 84 valence electrons. The minimum atomic E-state index is 0.815. The number of halogens is 1. The third-order valence-corrected chi connectivity index (χ3v) is 3.23. The van der Waals surface area contributed by atoms with Crippen molar-refractivity contribution in [2.45, 2.75) is 6.92 Å². The van der Waals surface area contributed by atoms with E-state index in [2.05, 4.69) is 46.8 Å². The molecule has 0 aliphatic rings. The largest absolute Gasteiger partial charge is 0.399 e. The number of nitrogens with one attached hydrogen (secondary N) is 1. The maximum atomic E-state index is 5.69. The van der Waals surface area contributed by atoms with Crippen LogP contribution in [-0.2, 0) is 0 Å². The molecule has 0 atom stereocenters. The van der Waals surface area contributed by atoms with Gasteiger partial charge in [-0.3, -0.25) is 0 Å². The van der Waals surface area contributed by atoms with Gasteiger partial charge in [-0.05, 0) is 54.4 Å². The molecule has 0 aliphatic heterocycles. The Morgan fingerprint density at radius 2 is 2.20 bits per heavy atom. The maximum Gasteiger partial charge on any atom is 0.0477 e. The van der Waals surface area contributed by atoms with Gasteiger partial charge in [0, 0.05) is 28.0 Å². The molecule has 0 aliphatic carbocycles. The van der Waals surface area contributed by atoms with E-state index in [9.17, 15) is 0 Å². The van der Waals surface area contributed by atoms with Gasteiger partial charge in [0.15, 0.2) is 0 Å². The molecular weight excluding hydrogens is 301 g/mol. The first-order valence-corrected chi connectivity index (χ1v) is 6.18. The lowest BCUT2D eigenvalue weighted by Crippen LogP contribution is -2.24. The van der Waals surface area contributed by atoms with Crippen LogP contribution in [0.3, 0.4) is 0 Å². The minimum Gasteiger partial charge on any atom is -0.399 e. The molecule has 0 aromatic heterocycles. The summed E-state index contributed by atoms with van der Waals surface area (Å²) in [5.74, 6) is 0. The first kappa shape index (κ1) is 12.6. The van der Waals surface area contributed by atoms with Crippen molar-refractivity contribution in [3.8, 4) is 0 Å². The summed E-state index contributed by atoms with van der Waals surface area (Å²) >= 11 is 2.30. The Kier molecular flexibility index (Phi) is 5.17. The number of anilines is 2. The molecule has 0 fully saturated rings. The normalized spacial score (nSPS) is 10.7. The molecule has 0 saturated carbocycles. The van der Waals surface area contributed by atoms with Gasteiger partial charge < -0.3 is 16.0 Å². The van der Waals surface area contributed by atoms with Gasteiger partial charge in [-0.2, -0.15) is 0 Å². The van der Waals surface area contributed by atoms with E-state index in [4.69, 9.17) is 5.73 Å². The van der Waals surface area contributed by atoms with E-state index < -0.39 is 0 Å². The number of nitrogens with zero attached hydrogens (tertiary/aromatic N) is 1. The highest BCUT2D eigenvalue weighted by Gasteiger charge is 1.99. The Balaban J connectivity index is 2.44. The molecule has 4 heteroatoms. The second-order valence-corrected chi connectivity index (χ2v) is 4.72. The Bertz CT molecular complexity index is 315. The van der Waals surface area contributed by atoms with Crippen molar-refractivity contribution >= 4 is 34.0 Å². The zero-order chi connectivity index (χ0) is 11.3. The molecule has 1 aromatic rings. The van der Waals surface area contributed by atoms with Crippen molar-refractivity contribution in [1.82, 2.24) is 4.90 Å². The Hall–Kier alpha value is -0.490. The highest BCUT2D eigenvalue weighted by atomic mass is 127. The lowest BCUT2D eigenvalue weighted by Gasteiger charge is -2.15. The van der Waals surface area contributed by atoms with Crippen molar-refractivity contribution in [1.29, 1.82) is 0 Å². The molecule has 3 nitrogen and oxygen atoms in total. The summed E-state index contributed by atoms with van der Waals surface area (Å²) in [5.41, 5.74) is 7.66. The number of hydrogen-bond acceptors (Lipinski definition) is 3. The van der Waals surface area contributed by atoms with Gasteiger partial charge in [0.25, 0.3) is 0 Å². The van der Waals surface area contributed by atoms with Crippen LogP contribution >= 0.6 is 22.6 Å². The Morgan fingerprint density at radius 1 is 1.47 bits per heavy atom. The van der Waals surface area contributed by atoms with Gasteiger partial charge in [0.2, 0.25) is 0 Å². The molecule has 0 radical (unpaired) electrons. The van der Waals surface area contributed by atoms with Gasteiger partial charge in [0.1, 0.15) is 0 Å². The summed E-state index contributed by atoms with van der Waals surface area (Å²) in [7, 11) is 2.12. The molecule has 1 rings (SSSR count). The van der Waals surface area contributed by atoms with Crippen LogP contribution in [0.4, 0.5) is 11.4 Å². The molecule has 0 spiro atoms. The van der Waals surface area contributed by atoms with Crippen molar-refractivity contribution < 1.29 is 0 Å². The summed E-state index contributed by atoms with van der Waals surface area (Å²) in [5, 5.41) is 3.40. The number of benzene rings is 1. The Labute approximate surface area is 105 Å². The van der Waals surface area contributed by atoms with E-state index >= 15 is 0 Å².